The number of amides is 2. The van der Waals surface area contributed by atoms with Gasteiger partial charge in [0.05, 0.1) is 24.1 Å². The van der Waals surface area contributed by atoms with Crippen molar-refractivity contribution in [3.05, 3.63) is 52.2 Å². The summed E-state index contributed by atoms with van der Waals surface area (Å²) in [6.45, 7) is 4.45. The van der Waals surface area contributed by atoms with Gasteiger partial charge in [0.2, 0.25) is 5.91 Å². The van der Waals surface area contributed by atoms with Crippen molar-refractivity contribution >= 4 is 23.2 Å². The molecule has 0 fully saturated rings. The van der Waals surface area contributed by atoms with Crippen molar-refractivity contribution in [3.63, 3.8) is 0 Å². The molecule has 1 atom stereocenters. The Morgan fingerprint density at radius 2 is 2.08 bits per heavy atom. The summed E-state index contributed by atoms with van der Waals surface area (Å²) in [6, 6.07) is 11.0. The lowest BCUT2D eigenvalue weighted by Crippen LogP contribution is -2.39. The second-order valence-electron chi connectivity index (χ2n) is 5.43. The average Bonchev–Trinajstić information content (AvgIpc) is 3.09. The molecule has 0 saturated heterocycles. The molecule has 0 aliphatic carbocycles. The lowest BCUT2D eigenvalue weighted by atomic mass is 10.1. The number of nitrogens with zero attached hydrogens (tertiary/aromatic N) is 1. The fourth-order valence-electron chi connectivity index (χ4n) is 2.29. The predicted molar refractivity (Wildman–Crippen MR) is 95.4 cm³/mol. The SMILES string of the molecule is CCOc1cccc([C@H](C)NC(=O)CN(C)C(=O)c2cccs2)c1. The van der Waals surface area contributed by atoms with Gasteiger partial charge in [-0.15, -0.1) is 11.3 Å². The Balaban J connectivity index is 1.91. The topological polar surface area (TPSA) is 58.6 Å². The van der Waals surface area contributed by atoms with Gasteiger partial charge in [0.15, 0.2) is 0 Å². The Hall–Kier alpha value is -2.34. The Morgan fingerprint density at radius 3 is 2.75 bits per heavy atom. The van der Waals surface area contributed by atoms with Crippen LogP contribution < -0.4 is 10.1 Å². The van der Waals surface area contributed by atoms with E-state index < -0.39 is 0 Å². The Kier molecular flexibility index (Phi) is 6.37. The third-order valence-corrected chi connectivity index (χ3v) is 4.36. The van der Waals surface area contributed by atoms with Crippen LogP contribution in [0.2, 0.25) is 0 Å². The summed E-state index contributed by atoms with van der Waals surface area (Å²) >= 11 is 1.37. The van der Waals surface area contributed by atoms with Gasteiger partial charge in [-0.2, -0.15) is 0 Å². The van der Waals surface area contributed by atoms with Crippen LogP contribution >= 0.6 is 11.3 Å². The quantitative estimate of drug-likeness (QED) is 0.838. The zero-order valence-electron chi connectivity index (χ0n) is 14.1. The molecule has 0 spiro atoms. The van der Waals surface area contributed by atoms with E-state index in [1.807, 2.05) is 49.6 Å². The van der Waals surface area contributed by atoms with Crippen LogP contribution in [-0.2, 0) is 4.79 Å². The van der Waals surface area contributed by atoms with Crippen LogP contribution in [0.4, 0.5) is 0 Å². The van der Waals surface area contributed by atoms with E-state index in [1.165, 1.54) is 16.2 Å². The molecule has 128 valence electrons. The van der Waals surface area contributed by atoms with Crippen LogP contribution in [0, 0.1) is 0 Å². The second kappa shape index (κ2) is 8.49. The zero-order valence-corrected chi connectivity index (χ0v) is 14.9. The molecule has 0 aliphatic heterocycles. The predicted octanol–water partition coefficient (Wildman–Crippen LogP) is 3.10. The maximum absolute atomic E-state index is 12.2. The molecule has 1 heterocycles. The zero-order chi connectivity index (χ0) is 17.5. The van der Waals surface area contributed by atoms with Crippen molar-refractivity contribution in [2.24, 2.45) is 0 Å². The van der Waals surface area contributed by atoms with E-state index in [1.54, 1.807) is 13.1 Å². The highest BCUT2D eigenvalue weighted by molar-refractivity contribution is 7.12. The lowest BCUT2D eigenvalue weighted by Gasteiger charge is -2.19. The summed E-state index contributed by atoms with van der Waals surface area (Å²) in [5.41, 5.74) is 0.960. The number of benzene rings is 1. The number of hydrogen-bond donors (Lipinski definition) is 1. The minimum Gasteiger partial charge on any atom is -0.494 e. The number of hydrogen-bond acceptors (Lipinski definition) is 4. The van der Waals surface area contributed by atoms with Crippen molar-refractivity contribution < 1.29 is 14.3 Å². The molecule has 1 aromatic carbocycles. The molecule has 5 nitrogen and oxygen atoms in total. The van der Waals surface area contributed by atoms with Crippen LogP contribution in [0.1, 0.15) is 35.1 Å². The first-order chi connectivity index (χ1) is 11.5. The molecule has 24 heavy (non-hydrogen) atoms. The van der Waals surface area contributed by atoms with E-state index in [9.17, 15) is 9.59 Å². The van der Waals surface area contributed by atoms with Gasteiger partial charge in [0, 0.05) is 7.05 Å². The monoisotopic (exact) mass is 346 g/mol. The molecule has 0 radical (unpaired) electrons. The number of nitrogens with one attached hydrogen (secondary N) is 1. The van der Waals surface area contributed by atoms with Crippen molar-refractivity contribution in [2.45, 2.75) is 19.9 Å². The van der Waals surface area contributed by atoms with Crippen molar-refractivity contribution in [3.8, 4) is 5.75 Å². The largest absolute Gasteiger partial charge is 0.494 e. The van der Waals surface area contributed by atoms with Crippen LogP contribution in [0.15, 0.2) is 41.8 Å². The van der Waals surface area contributed by atoms with E-state index in [4.69, 9.17) is 4.74 Å². The van der Waals surface area contributed by atoms with E-state index >= 15 is 0 Å². The summed E-state index contributed by atoms with van der Waals surface area (Å²) in [6.07, 6.45) is 0. The van der Waals surface area contributed by atoms with Gasteiger partial charge >= 0.3 is 0 Å². The molecule has 0 unspecified atom stereocenters. The summed E-state index contributed by atoms with van der Waals surface area (Å²) in [5, 5.41) is 4.75. The summed E-state index contributed by atoms with van der Waals surface area (Å²) < 4.78 is 5.47. The molecule has 6 heteroatoms. The number of carbonyl (C=O) groups is 2. The first-order valence-corrected chi connectivity index (χ1v) is 8.70. The standard InChI is InChI=1S/C18H22N2O3S/c1-4-23-15-8-5-7-14(11-15)13(2)19-17(21)12-20(3)18(22)16-9-6-10-24-16/h5-11,13H,4,12H2,1-3H3,(H,19,21)/t13-/m0/s1. The normalized spacial score (nSPS) is 11.6. The number of ether oxygens (including phenoxy) is 1. The van der Waals surface area contributed by atoms with Gasteiger partial charge in [0.25, 0.3) is 5.91 Å². The van der Waals surface area contributed by atoms with Crippen LogP contribution in [0.5, 0.6) is 5.75 Å². The maximum Gasteiger partial charge on any atom is 0.264 e. The van der Waals surface area contributed by atoms with E-state index in [-0.39, 0.29) is 24.4 Å². The first-order valence-electron chi connectivity index (χ1n) is 7.82. The van der Waals surface area contributed by atoms with Gasteiger partial charge in [-0.05, 0) is 43.0 Å². The summed E-state index contributed by atoms with van der Waals surface area (Å²) in [7, 11) is 1.63. The lowest BCUT2D eigenvalue weighted by molar-refractivity contribution is -0.122. The number of likely N-dealkylation sites (N-methyl/N-ethyl adjacent to an activating group) is 1. The molecule has 0 aliphatic rings. The third kappa shape index (κ3) is 4.83. The minimum absolute atomic E-state index is 0.0201. The Morgan fingerprint density at radius 1 is 1.29 bits per heavy atom. The highest BCUT2D eigenvalue weighted by atomic mass is 32.1. The van der Waals surface area contributed by atoms with E-state index in [0.29, 0.717) is 11.5 Å². The third-order valence-electron chi connectivity index (χ3n) is 3.51. The van der Waals surface area contributed by atoms with Crippen molar-refractivity contribution in [2.75, 3.05) is 20.2 Å². The maximum atomic E-state index is 12.2. The molecular formula is C18H22N2O3S. The summed E-state index contributed by atoms with van der Waals surface area (Å²) in [4.78, 5) is 26.4. The molecular weight excluding hydrogens is 324 g/mol. The van der Waals surface area contributed by atoms with Gasteiger partial charge < -0.3 is 15.0 Å². The average molecular weight is 346 g/mol. The van der Waals surface area contributed by atoms with Crippen LogP contribution in [-0.4, -0.2) is 36.9 Å². The van der Waals surface area contributed by atoms with Gasteiger partial charge in [-0.25, -0.2) is 0 Å². The highest BCUT2D eigenvalue weighted by Gasteiger charge is 2.17. The molecule has 2 rings (SSSR count). The second-order valence-corrected chi connectivity index (χ2v) is 6.38. The number of rotatable bonds is 7. The molecule has 2 amide bonds. The van der Waals surface area contributed by atoms with Gasteiger partial charge in [-0.3, -0.25) is 9.59 Å². The van der Waals surface area contributed by atoms with Crippen LogP contribution in [0.25, 0.3) is 0 Å². The molecule has 2 aromatic rings. The molecule has 1 N–H and O–H groups in total. The van der Waals surface area contributed by atoms with Gasteiger partial charge in [-0.1, -0.05) is 18.2 Å². The van der Waals surface area contributed by atoms with Gasteiger partial charge in [0.1, 0.15) is 5.75 Å². The van der Waals surface area contributed by atoms with Crippen molar-refractivity contribution in [1.82, 2.24) is 10.2 Å². The first kappa shape index (κ1) is 18.0. The molecule has 0 bridgehead atoms. The highest BCUT2D eigenvalue weighted by Crippen LogP contribution is 2.19. The van der Waals surface area contributed by atoms with E-state index in [0.717, 1.165) is 11.3 Å². The fraction of sp³-hybridized carbons (Fsp3) is 0.333. The minimum atomic E-state index is -0.197. The Labute approximate surface area is 146 Å². The number of thiophene rings is 1. The fourth-order valence-corrected chi connectivity index (χ4v) is 3.00. The number of carbonyl (C=O) groups excluding carboxylic acids is 2. The van der Waals surface area contributed by atoms with Crippen LogP contribution in [0.3, 0.4) is 0 Å². The van der Waals surface area contributed by atoms with Crippen molar-refractivity contribution in [1.29, 1.82) is 0 Å². The van der Waals surface area contributed by atoms with E-state index in [2.05, 4.69) is 5.32 Å². The Bertz CT molecular complexity index is 685. The molecule has 0 saturated carbocycles. The smallest absolute Gasteiger partial charge is 0.264 e. The molecule has 1 aromatic heterocycles. The summed E-state index contributed by atoms with van der Waals surface area (Å²) in [5.74, 6) is 0.434.